The molecule has 100 valence electrons. The van der Waals surface area contributed by atoms with Gasteiger partial charge in [0, 0.05) is 12.5 Å². The van der Waals surface area contributed by atoms with Crippen molar-refractivity contribution in [2.75, 3.05) is 33.2 Å². The molecule has 0 saturated carbocycles. The number of nitrogens with zero attached hydrogens (tertiary/aromatic N) is 3. The third-order valence-corrected chi connectivity index (χ3v) is 3.57. The Bertz CT molecular complexity index is 239. The molecule has 0 radical (unpaired) electrons. The van der Waals surface area contributed by atoms with Gasteiger partial charge < -0.3 is 20.7 Å². The molecular weight excluding hydrogens is 216 g/mol. The molecule has 0 aromatic rings. The molecule has 1 saturated heterocycles. The summed E-state index contributed by atoms with van der Waals surface area (Å²) in [5.41, 5.74) is 5.50. The van der Waals surface area contributed by atoms with Crippen LogP contribution in [0.3, 0.4) is 0 Å². The molecule has 1 unspecified atom stereocenters. The molecular formula is C12H26N4O. The molecule has 1 atom stereocenters. The summed E-state index contributed by atoms with van der Waals surface area (Å²) >= 11 is 0. The molecule has 1 aliphatic heterocycles. The largest absolute Gasteiger partial charge is 0.409 e. The Kier molecular flexibility index (Phi) is 6.29. The third kappa shape index (κ3) is 5.37. The Morgan fingerprint density at radius 2 is 2.12 bits per heavy atom. The Morgan fingerprint density at radius 1 is 1.47 bits per heavy atom. The average Bonchev–Trinajstić information content (AvgIpc) is 2.81. The van der Waals surface area contributed by atoms with Gasteiger partial charge >= 0.3 is 0 Å². The van der Waals surface area contributed by atoms with Crippen LogP contribution in [0.2, 0.25) is 0 Å². The van der Waals surface area contributed by atoms with Crippen molar-refractivity contribution in [1.29, 1.82) is 0 Å². The maximum Gasteiger partial charge on any atom is 0.140 e. The van der Waals surface area contributed by atoms with E-state index in [9.17, 15) is 0 Å². The zero-order valence-electron chi connectivity index (χ0n) is 11.1. The van der Waals surface area contributed by atoms with E-state index in [-0.39, 0.29) is 0 Å². The van der Waals surface area contributed by atoms with Gasteiger partial charge in [0.2, 0.25) is 0 Å². The van der Waals surface area contributed by atoms with E-state index in [0.717, 1.165) is 6.54 Å². The van der Waals surface area contributed by atoms with Crippen molar-refractivity contribution in [2.24, 2.45) is 10.9 Å². The SMILES string of the molecule is CC(C/C(N)=N/O)N(C)CCCN1CCCC1. The number of amidine groups is 1. The van der Waals surface area contributed by atoms with Crippen LogP contribution in [0.25, 0.3) is 0 Å². The zero-order valence-corrected chi connectivity index (χ0v) is 11.1. The van der Waals surface area contributed by atoms with Crippen LogP contribution < -0.4 is 5.73 Å². The van der Waals surface area contributed by atoms with Crippen molar-refractivity contribution in [2.45, 2.75) is 38.6 Å². The molecule has 0 aromatic carbocycles. The van der Waals surface area contributed by atoms with Gasteiger partial charge in [-0.2, -0.15) is 0 Å². The summed E-state index contributed by atoms with van der Waals surface area (Å²) in [6.07, 6.45) is 4.53. The van der Waals surface area contributed by atoms with Crippen molar-refractivity contribution in [3.63, 3.8) is 0 Å². The summed E-state index contributed by atoms with van der Waals surface area (Å²) in [5.74, 6) is 0.309. The van der Waals surface area contributed by atoms with Crippen LogP contribution in [-0.2, 0) is 0 Å². The maximum absolute atomic E-state index is 8.52. The van der Waals surface area contributed by atoms with E-state index < -0.39 is 0 Å². The quantitative estimate of drug-likeness (QED) is 0.302. The van der Waals surface area contributed by atoms with Gasteiger partial charge in [-0.15, -0.1) is 0 Å². The average molecular weight is 242 g/mol. The molecule has 5 nitrogen and oxygen atoms in total. The highest BCUT2D eigenvalue weighted by Gasteiger charge is 2.13. The molecule has 5 heteroatoms. The summed E-state index contributed by atoms with van der Waals surface area (Å²) in [6, 6.07) is 0.324. The fourth-order valence-corrected chi connectivity index (χ4v) is 2.27. The highest BCUT2D eigenvalue weighted by molar-refractivity contribution is 5.80. The number of hydrogen-bond donors (Lipinski definition) is 2. The van der Waals surface area contributed by atoms with E-state index in [0.29, 0.717) is 18.3 Å². The first-order valence-electron chi connectivity index (χ1n) is 6.52. The normalized spacial score (nSPS) is 20.1. The lowest BCUT2D eigenvalue weighted by molar-refractivity contribution is 0.235. The summed E-state index contributed by atoms with van der Waals surface area (Å²) in [7, 11) is 2.10. The molecule has 1 rings (SSSR count). The van der Waals surface area contributed by atoms with Crippen LogP contribution in [0, 0.1) is 0 Å². The van der Waals surface area contributed by atoms with Gasteiger partial charge in [0.15, 0.2) is 0 Å². The molecule has 1 heterocycles. The van der Waals surface area contributed by atoms with Gasteiger partial charge in [0.1, 0.15) is 5.84 Å². The van der Waals surface area contributed by atoms with Gasteiger partial charge in [-0.05, 0) is 59.4 Å². The predicted molar refractivity (Wildman–Crippen MR) is 70.4 cm³/mol. The van der Waals surface area contributed by atoms with E-state index in [4.69, 9.17) is 10.9 Å². The number of rotatable bonds is 7. The second kappa shape index (κ2) is 7.50. The molecule has 17 heavy (non-hydrogen) atoms. The molecule has 0 amide bonds. The Labute approximate surface area is 104 Å². The molecule has 1 aliphatic rings. The Morgan fingerprint density at radius 3 is 2.71 bits per heavy atom. The smallest absolute Gasteiger partial charge is 0.140 e. The first kappa shape index (κ1) is 14.3. The number of nitrogens with two attached hydrogens (primary N) is 1. The van der Waals surface area contributed by atoms with Gasteiger partial charge in [0.05, 0.1) is 0 Å². The summed E-state index contributed by atoms with van der Waals surface area (Å²) in [5, 5.41) is 11.5. The fraction of sp³-hybridized carbons (Fsp3) is 0.917. The highest BCUT2D eigenvalue weighted by atomic mass is 16.4. The lowest BCUT2D eigenvalue weighted by Gasteiger charge is -2.25. The topological polar surface area (TPSA) is 65.1 Å². The lowest BCUT2D eigenvalue weighted by Crippen LogP contribution is -2.35. The van der Waals surface area contributed by atoms with Gasteiger partial charge in [-0.3, -0.25) is 0 Å². The van der Waals surface area contributed by atoms with Crippen LogP contribution in [0.4, 0.5) is 0 Å². The standard InChI is InChI=1S/C12H26N4O/c1-11(10-12(13)14-17)15(2)6-5-9-16-7-3-4-8-16/h11,17H,3-10H2,1-2H3,(H2,13,14). The van der Waals surface area contributed by atoms with Crippen molar-refractivity contribution in [3.8, 4) is 0 Å². The monoisotopic (exact) mass is 242 g/mol. The minimum Gasteiger partial charge on any atom is -0.409 e. The van der Waals surface area contributed by atoms with Gasteiger partial charge in [-0.1, -0.05) is 5.16 Å². The second-order valence-electron chi connectivity index (χ2n) is 5.03. The van der Waals surface area contributed by atoms with Crippen molar-refractivity contribution >= 4 is 5.84 Å². The second-order valence-corrected chi connectivity index (χ2v) is 5.03. The Hall–Kier alpha value is -0.810. The van der Waals surface area contributed by atoms with E-state index in [2.05, 4.69) is 28.9 Å². The van der Waals surface area contributed by atoms with Gasteiger partial charge in [0.25, 0.3) is 0 Å². The summed E-state index contributed by atoms with van der Waals surface area (Å²) < 4.78 is 0. The molecule has 0 spiro atoms. The van der Waals surface area contributed by atoms with E-state index in [1.807, 2.05) is 0 Å². The van der Waals surface area contributed by atoms with Crippen molar-refractivity contribution < 1.29 is 5.21 Å². The van der Waals surface area contributed by atoms with Crippen LogP contribution in [0.1, 0.15) is 32.6 Å². The minimum absolute atomic E-state index is 0.309. The summed E-state index contributed by atoms with van der Waals surface area (Å²) in [4.78, 5) is 4.80. The zero-order chi connectivity index (χ0) is 12.7. The van der Waals surface area contributed by atoms with Gasteiger partial charge in [-0.25, -0.2) is 0 Å². The molecule has 0 bridgehead atoms. The van der Waals surface area contributed by atoms with Crippen LogP contribution in [0.5, 0.6) is 0 Å². The van der Waals surface area contributed by atoms with E-state index in [1.54, 1.807) is 0 Å². The Balaban J connectivity index is 2.12. The molecule has 0 aliphatic carbocycles. The molecule has 1 fully saturated rings. The number of likely N-dealkylation sites (tertiary alicyclic amines) is 1. The fourth-order valence-electron chi connectivity index (χ4n) is 2.27. The van der Waals surface area contributed by atoms with Crippen LogP contribution in [0.15, 0.2) is 5.16 Å². The molecule has 3 N–H and O–H groups in total. The number of hydrogen-bond acceptors (Lipinski definition) is 4. The lowest BCUT2D eigenvalue weighted by atomic mass is 10.2. The highest BCUT2D eigenvalue weighted by Crippen LogP contribution is 2.08. The van der Waals surface area contributed by atoms with Crippen molar-refractivity contribution in [1.82, 2.24) is 9.80 Å². The van der Waals surface area contributed by atoms with E-state index in [1.165, 1.54) is 38.9 Å². The third-order valence-electron chi connectivity index (χ3n) is 3.57. The number of oxime groups is 1. The summed E-state index contributed by atoms with van der Waals surface area (Å²) in [6.45, 7) is 6.90. The predicted octanol–water partition coefficient (Wildman–Crippen LogP) is 0.929. The first-order valence-corrected chi connectivity index (χ1v) is 6.52. The minimum atomic E-state index is 0.309. The maximum atomic E-state index is 8.52. The first-order chi connectivity index (χ1) is 8.13. The van der Waals surface area contributed by atoms with Crippen LogP contribution >= 0.6 is 0 Å². The van der Waals surface area contributed by atoms with E-state index >= 15 is 0 Å². The van der Waals surface area contributed by atoms with Crippen molar-refractivity contribution in [3.05, 3.63) is 0 Å². The van der Waals surface area contributed by atoms with Crippen LogP contribution in [-0.4, -0.2) is 60.1 Å². The molecule has 0 aromatic heterocycles.